The van der Waals surface area contributed by atoms with E-state index in [1.165, 1.54) is 4.90 Å². The molecule has 0 aromatic heterocycles. The van der Waals surface area contributed by atoms with E-state index in [2.05, 4.69) is 0 Å². The van der Waals surface area contributed by atoms with Crippen LogP contribution in [0.5, 0.6) is 0 Å². The van der Waals surface area contributed by atoms with Crippen molar-refractivity contribution in [1.29, 1.82) is 0 Å². The summed E-state index contributed by atoms with van der Waals surface area (Å²) in [7, 11) is 0. The highest BCUT2D eigenvalue weighted by atomic mass is 32.2. The molecule has 1 aliphatic heterocycles. The molecule has 1 fully saturated rings. The zero-order valence-corrected chi connectivity index (χ0v) is 7.13. The molecule has 0 aliphatic carbocycles. The summed E-state index contributed by atoms with van der Waals surface area (Å²) in [5, 5.41) is 8.59. The second-order valence-corrected chi connectivity index (χ2v) is 4.30. The second kappa shape index (κ2) is 3.32. The molecule has 1 heterocycles. The van der Waals surface area contributed by atoms with Crippen LogP contribution >= 0.6 is 0 Å². The molecule has 2 atom stereocenters. The molecule has 1 aliphatic rings. The third kappa shape index (κ3) is 2.00. The van der Waals surface area contributed by atoms with E-state index in [4.69, 9.17) is 5.11 Å². The van der Waals surface area contributed by atoms with E-state index in [1.54, 1.807) is 6.26 Å². The highest BCUT2D eigenvalue weighted by Crippen LogP contribution is 2.15. The van der Waals surface area contributed by atoms with E-state index in [0.717, 1.165) is 6.42 Å². The molecular formula is C6H11NO3S. The molecule has 0 aromatic carbocycles. The SMILES string of the molecule is C[S+]([O-])[C@@H]1CCN(C(=O)O)C1. The van der Waals surface area contributed by atoms with Gasteiger partial charge in [-0.15, -0.1) is 0 Å². The minimum atomic E-state index is -0.905. The fourth-order valence-electron chi connectivity index (χ4n) is 1.17. The summed E-state index contributed by atoms with van der Waals surface area (Å²) in [5.41, 5.74) is 0. The van der Waals surface area contributed by atoms with Crippen molar-refractivity contribution >= 4 is 17.3 Å². The monoisotopic (exact) mass is 177 g/mol. The van der Waals surface area contributed by atoms with E-state index in [0.29, 0.717) is 13.1 Å². The maximum absolute atomic E-state index is 10.9. The molecule has 11 heavy (non-hydrogen) atoms. The highest BCUT2D eigenvalue weighted by molar-refractivity contribution is 7.91. The van der Waals surface area contributed by atoms with Gasteiger partial charge in [-0.2, -0.15) is 0 Å². The summed E-state index contributed by atoms with van der Waals surface area (Å²) < 4.78 is 10.9. The topological polar surface area (TPSA) is 63.6 Å². The fraction of sp³-hybridized carbons (Fsp3) is 0.833. The predicted molar refractivity (Wildman–Crippen MR) is 42.1 cm³/mol. The molecule has 1 N–H and O–H groups in total. The lowest BCUT2D eigenvalue weighted by molar-refractivity contribution is 0.156. The fourth-order valence-corrected chi connectivity index (χ4v) is 2.00. The molecule has 0 radical (unpaired) electrons. The van der Waals surface area contributed by atoms with Crippen molar-refractivity contribution in [2.45, 2.75) is 11.7 Å². The van der Waals surface area contributed by atoms with Crippen LogP contribution in [0.15, 0.2) is 0 Å². The standard InChI is InChI=1S/C6H11NO3S/c1-11(10)5-2-3-7(4-5)6(8)9/h5H,2-4H2,1H3,(H,8,9)/t5-,11?/m1/s1. The summed E-state index contributed by atoms with van der Waals surface area (Å²) in [5.74, 6) is 0. The van der Waals surface area contributed by atoms with E-state index in [1.807, 2.05) is 0 Å². The first-order valence-electron chi connectivity index (χ1n) is 3.41. The first kappa shape index (κ1) is 8.67. The Bertz CT molecular complexity index is 162. The minimum Gasteiger partial charge on any atom is -0.616 e. The van der Waals surface area contributed by atoms with Gasteiger partial charge in [0.1, 0.15) is 5.25 Å². The van der Waals surface area contributed by atoms with Crippen LogP contribution in [0.2, 0.25) is 0 Å². The average molecular weight is 177 g/mol. The molecule has 64 valence electrons. The van der Waals surface area contributed by atoms with Crippen molar-refractivity contribution in [2.75, 3.05) is 19.3 Å². The van der Waals surface area contributed by atoms with Crippen molar-refractivity contribution in [3.05, 3.63) is 0 Å². The third-order valence-corrected chi connectivity index (χ3v) is 3.21. The normalized spacial score (nSPS) is 27.1. The number of rotatable bonds is 1. The maximum Gasteiger partial charge on any atom is 0.407 e. The molecule has 1 saturated heterocycles. The Morgan fingerprint density at radius 3 is 2.73 bits per heavy atom. The Balaban J connectivity index is 2.41. The number of amides is 1. The van der Waals surface area contributed by atoms with Crippen LogP contribution in [0, 0.1) is 0 Å². The summed E-state index contributed by atoms with van der Waals surface area (Å²) in [6, 6.07) is 0. The van der Waals surface area contributed by atoms with Gasteiger partial charge in [0, 0.05) is 13.0 Å². The zero-order chi connectivity index (χ0) is 8.43. The van der Waals surface area contributed by atoms with Gasteiger partial charge in [-0.25, -0.2) is 4.79 Å². The smallest absolute Gasteiger partial charge is 0.407 e. The van der Waals surface area contributed by atoms with Gasteiger partial charge in [-0.3, -0.25) is 0 Å². The van der Waals surface area contributed by atoms with Gasteiger partial charge in [-0.05, 0) is 0 Å². The third-order valence-electron chi connectivity index (χ3n) is 1.88. The molecule has 1 amide bonds. The van der Waals surface area contributed by atoms with E-state index < -0.39 is 17.3 Å². The molecule has 0 spiro atoms. The van der Waals surface area contributed by atoms with Crippen LogP contribution in [0.1, 0.15) is 6.42 Å². The lowest BCUT2D eigenvalue weighted by atomic mass is 10.4. The second-order valence-electron chi connectivity index (χ2n) is 2.64. The summed E-state index contributed by atoms with van der Waals surface area (Å²) in [6.45, 7) is 0.956. The maximum atomic E-state index is 10.9. The molecule has 5 heteroatoms. The van der Waals surface area contributed by atoms with Crippen LogP contribution in [-0.2, 0) is 11.2 Å². The first-order chi connectivity index (χ1) is 5.11. The Hall–Kier alpha value is -0.420. The van der Waals surface area contributed by atoms with Crippen LogP contribution in [-0.4, -0.2) is 45.2 Å². The van der Waals surface area contributed by atoms with Gasteiger partial charge in [0.25, 0.3) is 0 Å². The van der Waals surface area contributed by atoms with Gasteiger partial charge in [0.05, 0.1) is 12.8 Å². The summed E-state index contributed by atoms with van der Waals surface area (Å²) >= 11 is -0.883. The van der Waals surface area contributed by atoms with E-state index in [9.17, 15) is 9.35 Å². The quantitative estimate of drug-likeness (QED) is 0.578. The van der Waals surface area contributed by atoms with Crippen molar-refractivity contribution in [3.63, 3.8) is 0 Å². The molecule has 1 unspecified atom stereocenters. The Morgan fingerprint density at radius 1 is 1.82 bits per heavy atom. The van der Waals surface area contributed by atoms with Crippen LogP contribution in [0.25, 0.3) is 0 Å². The Labute approximate surface area is 68.4 Å². The van der Waals surface area contributed by atoms with Crippen LogP contribution in [0.4, 0.5) is 4.79 Å². The number of likely N-dealkylation sites (tertiary alicyclic amines) is 1. The van der Waals surface area contributed by atoms with E-state index >= 15 is 0 Å². The van der Waals surface area contributed by atoms with Gasteiger partial charge >= 0.3 is 6.09 Å². The first-order valence-corrected chi connectivity index (χ1v) is 5.03. The summed E-state index contributed by atoms with van der Waals surface area (Å²) in [6.07, 6.45) is 1.45. The lowest BCUT2D eigenvalue weighted by Gasteiger charge is -2.13. The van der Waals surface area contributed by atoms with Gasteiger partial charge in [0.15, 0.2) is 0 Å². The number of hydrogen-bond acceptors (Lipinski definition) is 2. The van der Waals surface area contributed by atoms with Crippen LogP contribution < -0.4 is 0 Å². The predicted octanol–water partition coefficient (Wildman–Crippen LogP) is 0.117. The number of nitrogens with zero attached hydrogens (tertiary/aromatic N) is 1. The lowest BCUT2D eigenvalue weighted by Crippen LogP contribution is -2.30. The average Bonchev–Trinajstić information content (AvgIpc) is 2.33. The largest absolute Gasteiger partial charge is 0.616 e. The van der Waals surface area contributed by atoms with Gasteiger partial charge < -0.3 is 14.6 Å². The molecule has 0 aromatic rings. The molecule has 0 saturated carbocycles. The summed E-state index contributed by atoms with van der Waals surface area (Å²) in [4.78, 5) is 11.7. The zero-order valence-electron chi connectivity index (χ0n) is 6.32. The number of carboxylic acid groups (broad SMARTS) is 1. The van der Waals surface area contributed by atoms with Crippen molar-refractivity contribution < 1.29 is 14.5 Å². The Kier molecular flexibility index (Phi) is 2.62. The molecule has 4 nitrogen and oxygen atoms in total. The number of carbonyl (C=O) groups is 1. The highest BCUT2D eigenvalue weighted by Gasteiger charge is 2.31. The van der Waals surface area contributed by atoms with Gasteiger partial charge in [-0.1, -0.05) is 11.2 Å². The van der Waals surface area contributed by atoms with Gasteiger partial charge in [0.2, 0.25) is 0 Å². The minimum absolute atomic E-state index is 0.0473. The van der Waals surface area contributed by atoms with E-state index in [-0.39, 0.29) is 5.25 Å². The van der Waals surface area contributed by atoms with Crippen LogP contribution in [0.3, 0.4) is 0 Å². The Morgan fingerprint density at radius 2 is 2.45 bits per heavy atom. The van der Waals surface area contributed by atoms with Crippen molar-refractivity contribution in [3.8, 4) is 0 Å². The van der Waals surface area contributed by atoms with Crippen molar-refractivity contribution in [2.24, 2.45) is 0 Å². The number of hydrogen-bond donors (Lipinski definition) is 1. The van der Waals surface area contributed by atoms with Crippen molar-refractivity contribution in [1.82, 2.24) is 4.90 Å². The molecular weight excluding hydrogens is 166 g/mol. The molecule has 0 bridgehead atoms. The molecule has 1 rings (SSSR count).